The highest BCUT2D eigenvalue weighted by molar-refractivity contribution is 7.79. The Morgan fingerprint density at radius 2 is 1.89 bits per heavy atom. The minimum atomic E-state index is -4.89. The fourth-order valence-electron chi connectivity index (χ4n) is 3.98. The third-order valence-corrected chi connectivity index (χ3v) is 5.59. The van der Waals surface area contributed by atoms with Crippen molar-refractivity contribution in [1.29, 1.82) is 5.26 Å². The number of hydrogen-bond donors (Lipinski definition) is 3. The van der Waals surface area contributed by atoms with Gasteiger partial charge in [0.05, 0.1) is 41.6 Å². The van der Waals surface area contributed by atoms with Crippen molar-refractivity contribution < 1.29 is 40.6 Å². The minimum Gasteiger partial charge on any atom is -0.374 e. The van der Waals surface area contributed by atoms with Crippen LogP contribution in [-0.4, -0.2) is 65.5 Å². The van der Waals surface area contributed by atoms with Crippen LogP contribution in [0.1, 0.15) is 47.5 Å². The van der Waals surface area contributed by atoms with Crippen molar-refractivity contribution in [3.05, 3.63) is 47.2 Å². The number of carbonyl (C=O) groups excluding carboxylic acids is 1. The second-order valence-corrected chi connectivity index (χ2v) is 9.21. The molecule has 1 amide bonds. The normalized spacial score (nSPS) is 17.6. The molecule has 194 valence electrons. The predicted molar refractivity (Wildman–Crippen MR) is 117 cm³/mol. The van der Waals surface area contributed by atoms with Gasteiger partial charge in [0, 0.05) is 19.0 Å². The van der Waals surface area contributed by atoms with Crippen LogP contribution in [0, 0.1) is 11.3 Å². The maximum atomic E-state index is 13.3. The highest BCUT2D eigenvalue weighted by Gasteiger charge is 2.55. The fourth-order valence-corrected chi connectivity index (χ4v) is 3.98. The number of benzene rings is 1. The molecule has 0 spiro atoms. The van der Waals surface area contributed by atoms with Gasteiger partial charge in [-0.3, -0.25) is 18.6 Å². The Morgan fingerprint density at radius 3 is 2.44 bits per heavy atom. The SMILES string of the molecule is C[C@H]1CN(C(=O)c2c3ccc(C#N)cc3nn2C)Cc2cnc([C@@](C)(O)C(F)(F)F)n21.O=S(=O)(O)O. The molecule has 0 saturated carbocycles. The highest BCUT2D eigenvalue weighted by atomic mass is 32.3. The number of amides is 1. The van der Waals surface area contributed by atoms with E-state index in [2.05, 4.69) is 10.1 Å². The van der Waals surface area contributed by atoms with Crippen LogP contribution in [0.4, 0.5) is 13.2 Å². The van der Waals surface area contributed by atoms with E-state index in [9.17, 15) is 23.1 Å². The van der Waals surface area contributed by atoms with E-state index < -0.39 is 34.0 Å². The summed E-state index contributed by atoms with van der Waals surface area (Å²) in [4.78, 5) is 18.7. The molecule has 12 nitrogen and oxygen atoms in total. The van der Waals surface area contributed by atoms with E-state index in [0.29, 0.717) is 34.8 Å². The second-order valence-electron chi connectivity index (χ2n) is 8.31. The van der Waals surface area contributed by atoms with Crippen LogP contribution in [0.3, 0.4) is 0 Å². The van der Waals surface area contributed by atoms with Gasteiger partial charge in [0.15, 0.2) is 5.82 Å². The van der Waals surface area contributed by atoms with Gasteiger partial charge in [-0.2, -0.15) is 31.9 Å². The fraction of sp³-hybridized carbons (Fsp3) is 0.400. The molecule has 3 N–H and O–H groups in total. The van der Waals surface area contributed by atoms with Crippen LogP contribution >= 0.6 is 0 Å². The van der Waals surface area contributed by atoms with E-state index in [1.165, 1.54) is 20.3 Å². The third kappa shape index (κ3) is 5.18. The third-order valence-electron chi connectivity index (χ3n) is 5.59. The largest absolute Gasteiger partial charge is 0.424 e. The Kier molecular flexibility index (Phi) is 6.89. The maximum Gasteiger partial charge on any atom is 0.424 e. The molecule has 0 radical (unpaired) electrons. The number of nitriles is 1. The zero-order valence-electron chi connectivity index (χ0n) is 19.1. The molecule has 1 aromatic carbocycles. The van der Waals surface area contributed by atoms with Crippen molar-refractivity contribution in [1.82, 2.24) is 24.2 Å². The number of fused-ring (bicyclic) bond motifs is 2. The van der Waals surface area contributed by atoms with E-state index in [4.69, 9.17) is 22.8 Å². The first kappa shape index (κ1) is 27.1. The summed E-state index contributed by atoms with van der Waals surface area (Å²) in [7, 11) is -3.05. The topological polar surface area (TPSA) is 175 Å². The van der Waals surface area contributed by atoms with E-state index >= 15 is 0 Å². The second kappa shape index (κ2) is 9.17. The maximum absolute atomic E-state index is 13.3. The Bertz CT molecular complexity index is 1460. The van der Waals surface area contributed by atoms with Crippen molar-refractivity contribution >= 4 is 27.2 Å². The van der Waals surface area contributed by atoms with Gasteiger partial charge in [-0.1, -0.05) is 0 Å². The van der Waals surface area contributed by atoms with Gasteiger partial charge in [0.2, 0.25) is 5.60 Å². The zero-order chi connectivity index (χ0) is 27.2. The van der Waals surface area contributed by atoms with Gasteiger partial charge in [-0.05, 0) is 32.0 Å². The first-order valence-corrected chi connectivity index (χ1v) is 11.6. The van der Waals surface area contributed by atoms with Crippen LogP contribution in [0.2, 0.25) is 0 Å². The number of aliphatic hydroxyl groups is 1. The molecule has 1 aliphatic heterocycles. The summed E-state index contributed by atoms with van der Waals surface area (Å²) < 4.78 is 74.4. The number of alkyl halides is 3. The summed E-state index contributed by atoms with van der Waals surface area (Å²) >= 11 is 0. The van der Waals surface area contributed by atoms with E-state index in [1.807, 2.05) is 6.07 Å². The highest BCUT2D eigenvalue weighted by Crippen LogP contribution is 2.40. The Labute approximate surface area is 202 Å². The van der Waals surface area contributed by atoms with E-state index in [1.54, 1.807) is 32.2 Å². The first-order chi connectivity index (χ1) is 16.5. The summed E-state index contributed by atoms with van der Waals surface area (Å²) in [6.45, 7) is 2.50. The first-order valence-electron chi connectivity index (χ1n) is 10.2. The number of nitrogens with zero attached hydrogens (tertiary/aromatic N) is 6. The summed E-state index contributed by atoms with van der Waals surface area (Å²) in [5.74, 6) is -0.831. The Balaban J connectivity index is 0.000000658. The van der Waals surface area contributed by atoms with Crippen molar-refractivity contribution in [2.24, 2.45) is 7.05 Å². The summed E-state index contributed by atoms with van der Waals surface area (Å²) in [6, 6.07) is 6.33. The van der Waals surface area contributed by atoms with Gasteiger partial charge in [-0.25, -0.2) is 4.98 Å². The van der Waals surface area contributed by atoms with Crippen LogP contribution in [0.5, 0.6) is 0 Å². The van der Waals surface area contributed by atoms with E-state index in [-0.39, 0.29) is 19.0 Å². The zero-order valence-corrected chi connectivity index (χ0v) is 19.9. The number of rotatable bonds is 2. The Hall–Kier alpha value is -3.52. The molecule has 2 atom stereocenters. The van der Waals surface area contributed by atoms with E-state index in [0.717, 1.165) is 0 Å². The van der Waals surface area contributed by atoms with Gasteiger partial charge in [0.25, 0.3) is 5.91 Å². The lowest BCUT2D eigenvalue weighted by molar-refractivity contribution is -0.263. The van der Waals surface area contributed by atoms with Gasteiger partial charge in [-0.15, -0.1) is 0 Å². The average molecular weight is 530 g/mol. The van der Waals surface area contributed by atoms with Crippen LogP contribution in [0.25, 0.3) is 10.9 Å². The van der Waals surface area contributed by atoms with Crippen molar-refractivity contribution in [3.63, 3.8) is 0 Å². The number of aryl methyl sites for hydroxylation is 1. The van der Waals surface area contributed by atoms with Gasteiger partial charge < -0.3 is 14.6 Å². The quantitative estimate of drug-likeness (QED) is 0.418. The minimum absolute atomic E-state index is 0.0348. The number of halogens is 3. The van der Waals surface area contributed by atoms with Crippen molar-refractivity contribution in [3.8, 4) is 6.07 Å². The lowest BCUT2D eigenvalue weighted by Crippen LogP contribution is -2.46. The van der Waals surface area contributed by atoms with Crippen molar-refractivity contribution in [2.75, 3.05) is 6.54 Å². The van der Waals surface area contributed by atoms with Crippen LogP contribution < -0.4 is 0 Å². The molecule has 0 bridgehead atoms. The molecule has 0 aliphatic carbocycles. The van der Waals surface area contributed by atoms with Gasteiger partial charge >= 0.3 is 16.6 Å². The van der Waals surface area contributed by atoms with Crippen molar-refractivity contribution in [2.45, 2.75) is 38.2 Å². The molecule has 2 aromatic heterocycles. The molecule has 3 heterocycles. The molecular weight excluding hydrogens is 509 g/mol. The molecule has 36 heavy (non-hydrogen) atoms. The average Bonchev–Trinajstić information content (AvgIpc) is 3.31. The lowest BCUT2D eigenvalue weighted by Gasteiger charge is -2.36. The molecule has 0 saturated heterocycles. The molecule has 0 fully saturated rings. The van der Waals surface area contributed by atoms with Crippen LogP contribution in [-0.2, 0) is 29.6 Å². The number of carbonyl (C=O) groups is 1. The number of aromatic nitrogens is 4. The molecule has 4 rings (SSSR count). The smallest absolute Gasteiger partial charge is 0.374 e. The summed E-state index contributed by atoms with van der Waals surface area (Å²) in [5, 5.41) is 24.0. The number of imidazole rings is 1. The molecule has 0 unspecified atom stereocenters. The molecule has 3 aromatic rings. The monoisotopic (exact) mass is 530 g/mol. The predicted octanol–water partition coefficient (Wildman–Crippen LogP) is 1.98. The van der Waals surface area contributed by atoms with Crippen LogP contribution in [0.15, 0.2) is 24.4 Å². The molecular formula is C20H21F3N6O6S. The summed E-state index contributed by atoms with van der Waals surface area (Å²) in [6.07, 6.45) is -3.64. The standard InChI is InChI=1S/C20H19F3N6O2.H2O4S/c1-11-9-28(10-13-8-25-18(29(11)13)19(2,31)20(21,22)23)17(30)16-14-5-4-12(7-24)6-15(14)26-27(16)3;1-5(2,3)4/h4-6,8,11,31H,9-10H2,1-3H3;(H2,1,2,3,4)/t11-,19+;/m0./s1. The molecule has 1 aliphatic rings. The lowest BCUT2D eigenvalue weighted by atomic mass is 10.0. The Morgan fingerprint density at radius 1 is 1.28 bits per heavy atom. The summed E-state index contributed by atoms with van der Waals surface area (Å²) in [5.41, 5.74) is -1.47. The number of hydrogen-bond acceptors (Lipinski definition) is 7. The molecule has 16 heteroatoms. The van der Waals surface area contributed by atoms with Gasteiger partial charge in [0.1, 0.15) is 5.69 Å².